The third kappa shape index (κ3) is 4.46. The van der Waals surface area contributed by atoms with Gasteiger partial charge in [0.25, 0.3) is 0 Å². The highest BCUT2D eigenvalue weighted by atomic mass is 16.4. The highest BCUT2D eigenvalue weighted by Crippen LogP contribution is 2.23. The molecule has 0 bridgehead atoms. The van der Waals surface area contributed by atoms with E-state index >= 15 is 0 Å². The van der Waals surface area contributed by atoms with E-state index in [1.165, 1.54) is 0 Å². The zero-order chi connectivity index (χ0) is 20.3. The molecule has 1 heterocycles. The van der Waals surface area contributed by atoms with Crippen LogP contribution in [0.15, 0.2) is 57.9 Å². The van der Waals surface area contributed by atoms with Crippen LogP contribution < -0.4 is 5.36 Å². The van der Waals surface area contributed by atoms with Crippen molar-refractivity contribution in [2.45, 2.75) is 32.7 Å². The number of aryl methyl sites for hydroxylation is 2. The molecule has 0 saturated carbocycles. The molecule has 0 amide bonds. The van der Waals surface area contributed by atoms with Crippen molar-refractivity contribution in [3.05, 3.63) is 65.0 Å². The summed E-state index contributed by atoms with van der Waals surface area (Å²) in [6, 6.07) is 14.0. The van der Waals surface area contributed by atoms with E-state index in [-0.39, 0.29) is 12.8 Å². The van der Waals surface area contributed by atoms with Crippen molar-refractivity contribution in [2.75, 3.05) is 0 Å². The largest absolute Gasteiger partial charge is 0.481 e. The van der Waals surface area contributed by atoms with E-state index in [9.17, 15) is 14.7 Å². The molecule has 144 valence electrons. The van der Waals surface area contributed by atoms with Crippen LogP contribution >= 0.6 is 0 Å². The van der Waals surface area contributed by atoms with Crippen LogP contribution in [0.25, 0.3) is 22.3 Å². The Labute approximate surface area is 161 Å². The maximum absolute atomic E-state index is 11.6. The molecular formula is C22H21NO5. The van der Waals surface area contributed by atoms with E-state index in [0.717, 1.165) is 16.7 Å². The summed E-state index contributed by atoms with van der Waals surface area (Å²) in [5.74, 6) is -1.64. The fourth-order valence-corrected chi connectivity index (χ4v) is 2.92. The summed E-state index contributed by atoms with van der Waals surface area (Å²) in [6.07, 6.45) is -0.344. The average molecular weight is 379 g/mol. The van der Waals surface area contributed by atoms with Gasteiger partial charge in [0.05, 0.1) is 5.36 Å². The molecule has 6 nitrogen and oxygen atoms in total. The summed E-state index contributed by atoms with van der Waals surface area (Å²) in [5, 5.41) is 19.5. The number of carbonyl (C=O) groups is 2. The van der Waals surface area contributed by atoms with E-state index in [1.54, 1.807) is 6.07 Å². The Kier molecular flexibility index (Phi) is 5.59. The predicted molar refractivity (Wildman–Crippen MR) is 105 cm³/mol. The maximum Gasteiger partial charge on any atom is 0.328 e. The van der Waals surface area contributed by atoms with Gasteiger partial charge in [0.15, 0.2) is 0 Å². The standard InChI is InChI=1S/C22H21NO5/c1-13-3-6-15(7-4-13)20-12-18(16-11-14(2)5-9-19(16)28-20)23-17(22(26)27)8-10-21(24)25/h3-7,9,11-12,17H,8,10H2,1-2H3,(H,24,25)(H,26,27)/t17-/m1/s1. The van der Waals surface area contributed by atoms with Crippen molar-refractivity contribution < 1.29 is 24.2 Å². The number of nitrogens with zero attached hydrogens (tertiary/aromatic N) is 1. The molecule has 0 aliphatic rings. The average Bonchev–Trinajstić information content (AvgIpc) is 2.65. The maximum atomic E-state index is 11.6. The van der Waals surface area contributed by atoms with Crippen LogP contribution in [-0.2, 0) is 9.59 Å². The van der Waals surface area contributed by atoms with Gasteiger partial charge in [-0.1, -0.05) is 41.5 Å². The van der Waals surface area contributed by atoms with Gasteiger partial charge in [-0.2, -0.15) is 0 Å². The number of carboxylic acids is 2. The first-order chi connectivity index (χ1) is 13.3. The van der Waals surface area contributed by atoms with Crippen LogP contribution in [0.1, 0.15) is 24.0 Å². The molecule has 6 heteroatoms. The summed E-state index contributed by atoms with van der Waals surface area (Å²) in [4.78, 5) is 26.8. The second-order valence-electron chi connectivity index (χ2n) is 6.78. The summed E-state index contributed by atoms with van der Waals surface area (Å²) < 4.78 is 6.02. The minimum Gasteiger partial charge on any atom is -0.481 e. The van der Waals surface area contributed by atoms with Gasteiger partial charge < -0.3 is 14.6 Å². The normalized spacial score (nSPS) is 12.9. The molecule has 0 saturated heterocycles. The molecule has 2 aromatic carbocycles. The van der Waals surface area contributed by atoms with Crippen molar-refractivity contribution in [3.8, 4) is 11.3 Å². The van der Waals surface area contributed by atoms with Gasteiger partial charge in [0.1, 0.15) is 17.4 Å². The van der Waals surface area contributed by atoms with Crippen molar-refractivity contribution in [1.29, 1.82) is 0 Å². The quantitative estimate of drug-likeness (QED) is 0.676. The van der Waals surface area contributed by atoms with Crippen LogP contribution in [-0.4, -0.2) is 28.2 Å². The number of aliphatic carboxylic acids is 2. The number of rotatable bonds is 6. The molecule has 0 aliphatic carbocycles. The van der Waals surface area contributed by atoms with Gasteiger partial charge in [-0.05, 0) is 32.4 Å². The molecule has 0 radical (unpaired) electrons. The lowest BCUT2D eigenvalue weighted by molar-refractivity contribution is -0.139. The zero-order valence-corrected chi connectivity index (χ0v) is 15.7. The Hall–Kier alpha value is -3.41. The van der Waals surface area contributed by atoms with Gasteiger partial charge >= 0.3 is 11.9 Å². The summed E-state index contributed by atoms with van der Waals surface area (Å²) in [5.41, 5.74) is 3.54. The number of benzene rings is 2. The summed E-state index contributed by atoms with van der Waals surface area (Å²) in [7, 11) is 0. The lowest BCUT2D eigenvalue weighted by Crippen LogP contribution is -2.22. The van der Waals surface area contributed by atoms with Gasteiger partial charge in [0, 0.05) is 23.4 Å². The highest BCUT2D eigenvalue weighted by Gasteiger charge is 2.18. The van der Waals surface area contributed by atoms with Crippen molar-refractivity contribution in [2.24, 2.45) is 4.99 Å². The smallest absolute Gasteiger partial charge is 0.328 e. The van der Waals surface area contributed by atoms with Crippen LogP contribution in [0, 0.1) is 13.8 Å². The van der Waals surface area contributed by atoms with Crippen molar-refractivity contribution >= 4 is 22.9 Å². The van der Waals surface area contributed by atoms with Gasteiger partial charge in [-0.3, -0.25) is 9.79 Å². The van der Waals surface area contributed by atoms with Crippen LogP contribution in [0.4, 0.5) is 0 Å². The molecular weight excluding hydrogens is 358 g/mol. The highest BCUT2D eigenvalue weighted by molar-refractivity contribution is 5.80. The molecule has 1 aromatic heterocycles. The SMILES string of the molecule is Cc1ccc(-c2cc(=N[C@H](CCC(=O)O)C(=O)O)c3cc(C)ccc3o2)cc1. The minimum absolute atomic E-state index is 0.0795. The molecule has 0 spiro atoms. The number of carboxylic acid groups (broad SMARTS) is 2. The van der Waals surface area contributed by atoms with Gasteiger partial charge in [-0.15, -0.1) is 0 Å². The Morgan fingerprint density at radius 2 is 1.68 bits per heavy atom. The molecule has 1 atom stereocenters. The summed E-state index contributed by atoms with van der Waals surface area (Å²) in [6.45, 7) is 3.92. The second-order valence-corrected chi connectivity index (χ2v) is 6.78. The predicted octanol–water partition coefficient (Wildman–Crippen LogP) is 3.94. The van der Waals surface area contributed by atoms with E-state index < -0.39 is 18.0 Å². The first-order valence-corrected chi connectivity index (χ1v) is 8.93. The summed E-state index contributed by atoms with van der Waals surface area (Å²) >= 11 is 0. The Bertz CT molecular complexity index is 1100. The van der Waals surface area contributed by atoms with Crippen molar-refractivity contribution in [1.82, 2.24) is 0 Å². The molecule has 3 aromatic rings. The fraction of sp³-hybridized carbons (Fsp3) is 0.227. The van der Waals surface area contributed by atoms with Gasteiger partial charge in [0.2, 0.25) is 0 Å². The Morgan fingerprint density at radius 3 is 2.32 bits per heavy atom. The fourth-order valence-electron chi connectivity index (χ4n) is 2.92. The van der Waals surface area contributed by atoms with E-state index in [2.05, 4.69) is 4.99 Å². The molecule has 28 heavy (non-hydrogen) atoms. The first kappa shape index (κ1) is 19.4. The van der Waals surface area contributed by atoms with Crippen LogP contribution in [0.2, 0.25) is 0 Å². The third-order valence-corrected chi connectivity index (χ3v) is 4.45. The van der Waals surface area contributed by atoms with Crippen LogP contribution in [0.3, 0.4) is 0 Å². The lowest BCUT2D eigenvalue weighted by Gasteiger charge is -2.09. The zero-order valence-electron chi connectivity index (χ0n) is 15.7. The Balaban J connectivity index is 2.20. The lowest BCUT2D eigenvalue weighted by atomic mass is 10.1. The minimum atomic E-state index is -1.15. The molecule has 3 rings (SSSR count). The molecule has 0 fully saturated rings. The van der Waals surface area contributed by atoms with E-state index in [4.69, 9.17) is 9.52 Å². The Morgan fingerprint density at radius 1 is 1.00 bits per heavy atom. The van der Waals surface area contributed by atoms with Crippen molar-refractivity contribution in [3.63, 3.8) is 0 Å². The molecule has 0 aliphatic heterocycles. The number of hydrogen-bond acceptors (Lipinski definition) is 4. The molecule has 2 N–H and O–H groups in total. The second kappa shape index (κ2) is 8.08. The monoisotopic (exact) mass is 379 g/mol. The number of fused-ring (bicyclic) bond motifs is 1. The van der Waals surface area contributed by atoms with E-state index in [0.29, 0.717) is 22.1 Å². The molecule has 0 unspecified atom stereocenters. The number of hydrogen-bond donors (Lipinski definition) is 2. The van der Waals surface area contributed by atoms with Gasteiger partial charge in [-0.25, -0.2) is 4.79 Å². The topological polar surface area (TPSA) is 100 Å². The third-order valence-electron chi connectivity index (χ3n) is 4.45. The van der Waals surface area contributed by atoms with E-state index in [1.807, 2.05) is 56.3 Å². The van der Waals surface area contributed by atoms with Crippen LogP contribution in [0.5, 0.6) is 0 Å². The first-order valence-electron chi connectivity index (χ1n) is 8.93.